The highest BCUT2D eigenvalue weighted by Crippen LogP contribution is 2.18. The fraction of sp³-hybridized carbons (Fsp3) is 0.444. The van der Waals surface area contributed by atoms with Gasteiger partial charge in [0, 0.05) is 18.8 Å². The predicted molar refractivity (Wildman–Crippen MR) is 92.3 cm³/mol. The second-order valence-corrected chi connectivity index (χ2v) is 6.20. The van der Waals surface area contributed by atoms with E-state index < -0.39 is 11.6 Å². The van der Waals surface area contributed by atoms with Gasteiger partial charge in [-0.25, -0.2) is 4.79 Å². The number of nitrogens with zero attached hydrogens (tertiary/aromatic N) is 2. The topological polar surface area (TPSA) is 93.8 Å². The maximum atomic E-state index is 12.0. The van der Waals surface area contributed by atoms with Gasteiger partial charge in [0.1, 0.15) is 17.2 Å². The van der Waals surface area contributed by atoms with Gasteiger partial charge in [0.05, 0.1) is 13.2 Å². The van der Waals surface area contributed by atoms with Crippen molar-refractivity contribution in [3.05, 3.63) is 35.4 Å². The van der Waals surface area contributed by atoms with Crippen LogP contribution in [0.25, 0.3) is 6.08 Å². The molecule has 0 amide bonds. The third kappa shape index (κ3) is 6.41. The van der Waals surface area contributed by atoms with Crippen molar-refractivity contribution < 1.29 is 19.7 Å². The molecule has 0 saturated heterocycles. The number of anilines is 1. The van der Waals surface area contributed by atoms with Gasteiger partial charge in [-0.05, 0) is 44.5 Å². The fourth-order valence-corrected chi connectivity index (χ4v) is 2.03. The SMILES string of the molecule is CC(C)(C)OC(=O)/C(C#N)=C/c1ccc(N(CCO)CCO)cc1. The number of rotatable bonds is 7. The Hall–Kier alpha value is -2.36. The maximum absolute atomic E-state index is 12.0. The highest BCUT2D eigenvalue weighted by atomic mass is 16.6. The number of esters is 1. The average Bonchev–Trinajstić information content (AvgIpc) is 2.51. The van der Waals surface area contributed by atoms with Gasteiger partial charge in [-0.2, -0.15) is 5.26 Å². The van der Waals surface area contributed by atoms with Crippen LogP contribution in [0.3, 0.4) is 0 Å². The summed E-state index contributed by atoms with van der Waals surface area (Å²) in [5.41, 5.74) is 0.798. The van der Waals surface area contributed by atoms with Crippen molar-refractivity contribution in [1.29, 1.82) is 5.26 Å². The normalized spacial score (nSPS) is 11.8. The van der Waals surface area contributed by atoms with Gasteiger partial charge in [0.25, 0.3) is 0 Å². The number of carbonyl (C=O) groups excluding carboxylic acids is 1. The van der Waals surface area contributed by atoms with E-state index in [9.17, 15) is 4.79 Å². The quantitative estimate of drug-likeness (QED) is 0.449. The van der Waals surface area contributed by atoms with Crippen LogP contribution in [-0.4, -0.2) is 48.1 Å². The first-order valence-corrected chi connectivity index (χ1v) is 7.72. The number of nitriles is 1. The molecule has 0 saturated carbocycles. The second kappa shape index (κ2) is 9.06. The summed E-state index contributed by atoms with van der Waals surface area (Å²) in [6.07, 6.45) is 1.47. The van der Waals surface area contributed by atoms with Gasteiger partial charge in [0.15, 0.2) is 0 Å². The lowest BCUT2D eigenvalue weighted by atomic mass is 10.1. The number of aliphatic hydroxyl groups is 2. The first kappa shape index (κ1) is 19.7. The summed E-state index contributed by atoms with van der Waals surface area (Å²) in [6.45, 7) is 6.02. The molecular formula is C18H24N2O4. The lowest BCUT2D eigenvalue weighted by Crippen LogP contribution is -2.29. The van der Waals surface area contributed by atoms with Crippen molar-refractivity contribution in [2.24, 2.45) is 0 Å². The van der Waals surface area contributed by atoms with Gasteiger partial charge < -0.3 is 19.8 Å². The average molecular weight is 332 g/mol. The van der Waals surface area contributed by atoms with E-state index in [4.69, 9.17) is 20.2 Å². The molecule has 0 heterocycles. The standard InChI is InChI=1S/C18H24N2O4/c1-18(2,3)24-17(23)15(13-19)12-14-4-6-16(7-5-14)20(8-10-21)9-11-22/h4-7,12,21-22H,8-11H2,1-3H3/b15-12+. The van der Waals surface area contributed by atoms with Crippen molar-refractivity contribution in [1.82, 2.24) is 0 Å². The third-order valence-corrected chi connectivity index (χ3v) is 3.05. The second-order valence-electron chi connectivity index (χ2n) is 6.20. The van der Waals surface area contributed by atoms with Gasteiger partial charge >= 0.3 is 5.97 Å². The van der Waals surface area contributed by atoms with E-state index in [1.165, 1.54) is 6.08 Å². The zero-order valence-electron chi connectivity index (χ0n) is 14.3. The summed E-state index contributed by atoms with van der Waals surface area (Å²) in [6, 6.07) is 9.00. The maximum Gasteiger partial charge on any atom is 0.349 e. The molecule has 0 spiro atoms. The van der Waals surface area contributed by atoms with Crippen LogP contribution in [-0.2, 0) is 9.53 Å². The number of hydrogen-bond acceptors (Lipinski definition) is 6. The summed E-state index contributed by atoms with van der Waals surface area (Å²) in [4.78, 5) is 13.8. The number of hydrogen-bond donors (Lipinski definition) is 2. The van der Waals surface area contributed by atoms with Crippen molar-refractivity contribution in [3.8, 4) is 6.07 Å². The van der Waals surface area contributed by atoms with Crippen molar-refractivity contribution >= 4 is 17.7 Å². The van der Waals surface area contributed by atoms with Crippen LogP contribution in [0.2, 0.25) is 0 Å². The lowest BCUT2D eigenvalue weighted by Gasteiger charge is -2.23. The van der Waals surface area contributed by atoms with Crippen molar-refractivity contribution in [2.45, 2.75) is 26.4 Å². The van der Waals surface area contributed by atoms with E-state index in [2.05, 4.69) is 0 Å². The largest absolute Gasteiger partial charge is 0.456 e. The molecule has 1 aromatic carbocycles. The zero-order chi connectivity index (χ0) is 18.2. The van der Waals surface area contributed by atoms with Crippen LogP contribution in [0.1, 0.15) is 26.3 Å². The Morgan fingerprint density at radius 1 is 1.21 bits per heavy atom. The molecule has 1 aromatic rings. The Morgan fingerprint density at radius 2 is 1.75 bits per heavy atom. The van der Waals surface area contributed by atoms with E-state index in [0.29, 0.717) is 18.7 Å². The Bertz CT molecular complexity index is 603. The van der Waals surface area contributed by atoms with Crippen molar-refractivity contribution in [2.75, 3.05) is 31.2 Å². The summed E-state index contributed by atoms with van der Waals surface area (Å²) in [5.74, 6) is -0.656. The molecule has 130 valence electrons. The Morgan fingerprint density at radius 3 is 2.17 bits per heavy atom. The number of carbonyl (C=O) groups is 1. The van der Waals surface area contributed by atoms with E-state index in [0.717, 1.165) is 5.69 Å². The molecule has 0 radical (unpaired) electrons. The van der Waals surface area contributed by atoms with Crippen LogP contribution >= 0.6 is 0 Å². The molecule has 0 aliphatic rings. The fourth-order valence-electron chi connectivity index (χ4n) is 2.03. The summed E-state index contributed by atoms with van der Waals surface area (Å²) < 4.78 is 5.20. The molecule has 24 heavy (non-hydrogen) atoms. The first-order chi connectivity index (χ1) is 11.3. The van der Waals surface area contributed by atoms with E-state index >= 15 is 0 Å². The van der Waals surface area contributed by atoms with Crippen LogP contribution in [0, 0.1) is 11.3 Å². The Kier molecular flexibility index (Phi) is 7.43. The molecule has 0 bridgehead atoms. The van der Waals surface area contributed by atoms with Crippen molar-refractivity contribution in [3.63, 3.8) is 0 Å². The molecule has 0 aliphatic carbocycles. The van der Waals surface area contributed by atoms with Crippen LogP contribution in [0.5, 0.6) is 0 Å². The van der Waals surface area contributed by atoms with Crippen LogP contribution in [0.4, 0.5) is 5.69 Å². The summed E-state index contributed by atoms with van der Waals surface area (Å²) >= 11 is 0. The van der Waals surface area contributed by atoms with Crippen LogP contribution in [0.15, 0.2) is 29.8 Å². The monoisotopic (exact) mass is 332 g/mol. The minimum absolute atomic E-state index is 0.0150. The molecule has 0 unspecified atom stereocenters. The minimum Gasteiger partial charge on any atom is -0.456 e. The molecule has 0 aliphatic heterocycles. The minimum atomic E-state index is -0.661. The van der Waals surface area contributed by atoms with E-state index in [-0.39, 0.29) is 18.8 Å². The molecule has 0 aromatic heterocycles. The van der Waals surface area contributed by atoms with Gasteiger partial charge in [-0.1, -0.05) is 12.1 Å². The molecule has 2 N–H and O–H groups in total. The van der Waals surface area contributed by atoms with E-state index in [1.807, 2.05) is 11.0 Å². The summed E-state index contributed by atoms with van der Waals surface area (Å²) in [5, 5.41) is 27.3. The lowest BCUT2D eigenvalue weighted by molar-refractivity contribution is -0.149. The first-order valence-electron chi connectivity index (χ1n) is 7.72. The predicted octanol–water partition coefficient (Wildman–Crippen LogP) is 1.73. The van der Waals surface area contributed by atoms with Gasteiger partial charge in [-0.15, -0.1) is 0 Å². The number of benzene rings is 1. The number of aliphatic hydroxyl groups excluding tert-OH is 2. The Balaban J connectivity index is 2.94. The summed E-state index contributed by atoms with van der Waals surface area (Å²) in [7, 11) is 0. The highest BCUT2D eigenvalue weighted by Gasteiger charge is 2.19. The smallest absolute Gasteiger partial charge is 0.349 e. The third-order valence-electron chi connectivity index (χ3n) is 3.05. The van der Waals surface area contributed by atoms with Crippen LogP contribution < -0.4 is 4.90 Å². The van der Waals surface area contributed by atoms with Gasteiger partial charge in [-0.3, -0.25) is 0 Å². The van der Waals surface area contributed by atoms with Gasteiger partial charge in [0.2, 0.25) is 0 Å². The molecule has 6 nitrogen and oxygen atoms in total. The Labute approximate surface area is 142 Å². The molecule has 0 fully saturated rings. The molecule has 1 rings (SSSR count). The molecular weight excluding hydrogens is 308 g/mol. The molecule has 6 heteroatoms. The molecule has 0 atom stereocenters. The zero-order valence-corrected chi connectivity index (χ0v) is 14.3. The van der Waals surface area contributed by atoms with E-state index in [1.54, 1.807) is 45.0 Å². The number of ether oxygens (including phenoxy) is 1. The highest BCUT2D eigenvalue weighted by molar-refractivity contribution is 5.98.